The zero-order valence-corrected chi connectivity index (χ0v) is 15.7. The molecule has 1 atom stereocenters. The number of hydrogen-bond acceptors (Lipinski definition) is 3. The van der Waals surface area contributed by atoms with Crippen LogP contribution in [0.1, 0.15) is 50.3 Å². The Balaban J connectivity index is 1.51. The van der Waals surface area contributed by atoms with Crippen LogP contribution in [0.15, 0.2) is 30.5 Å². The third kappa shape index (κ3) is 4.05. The van der Waals surface area contributed by atoms with Crippen molar-refractivity contribution in [3.05, 3.63) is 42.0 Å². The second kappa shape index (κ2) is 8.21. The zero-order valence-electron chi connectivity index (χ0n) is 15.7. The fourth-order valence-electron chi connectivity index (χ4n) is 4.35. The van der Waals surface area contributed by atoms with Gasteiger partial charge in [-0.25, -0.2) is 4.39 Å². The molecule has 1 N–H and O–H groups in total. The van der Waals surface area contributed by atoms with E-state index in [4.69, 9.17) is 0 Å². The topological polar surface area (TPSA) is 52.2 Å². The molecule has 0 spiro atoms. The van der Waals surface area contributed by atoms with Crippen molar-refractivity contribution < 1.29 is 9.18 Å². The molecule has 2 aromatic rings. The average Bonchev–Trinajstić information content (AvgIpc) is 3.27. The van der Waals surface area contributed by atoms with Gasteiger partial charge in [-0.3, -0.25) is 14.8 Å². The molecule has 6 heteroatoms. The average molecular weight is 370 g/mol. The molecule has 0 unspecified atom stereocenters. The number of H-pyrrole nitrogens is 1. The Morgan fingerprint density at radius 3 is 2.56 bits per heavy atom. The number of aromatic nitrogens is 2. The summed E-state index contributed by atoms with van der Waals surface area (Å²) in [6.07, 6.45) is 8.62. The van der Waals surface area contributed by atoms with Crippen molar-refractivity contribution >= 4 is 5.91 Å². The largest absolute Gasteiger partial charge is 0.333 e. The van der Waals surface area contributed by atoms with Gasteiger partial charge in [0.2, 0.25) is 5.91 Å². The van der Waals surface area contributed by atoms with Gasteiger partial charge in [0.05, 0.1) is 24.5 Å². The van der Waals surface area contributed by atoms with Gasteiger partial charge in [0.15, 0.2) is 0 Å². The van der Waals surface area contributed by atoms with Crippen LogP contribution < -0.4 is 0 Å². The summed E-state index contributed by atoms with van der Waals surface area (Å²) in [4.78, 5) is 17.3. The Morgan fingerprint density at radius 1 is 1.07 bits per heavy atom. The number of carbonyl (C=O) groups excluding carboxylic acids is 1. The van der Waals surface area contributed by atoms with Gasteiger partial charge in [-0.05, 0) is 56.5 Å². The Bertz CT molecular complexity index is 765. The summed E-state index contributed by atoms with van der Waals surface area (Å²) in [5.41, 5.74) is 2.84. The quantitative estimate of drug-likeness (QED) is 0.892. The molecule has 0 saturated carbocycles. The van der Waals surface area contributed by atoms with Crippen LogP contribution in [-0.4, -0.2) is 52.1 Å². The van der Waals surface area contributed by atoms with E-state index in [1.807, 2.05) is 4.90 Å². The number of rotatable bonds is 4. The molecule has 3 heterocycles. The summed E-state index contributed by atoms with van der Waals surface area (Å²) in [6.45, 7) is 3.35. The molecule has 5 nitrogen and oxygen atoms in total. The van der Waals surface area contributed by atoms with Gasteiger partial charge in [-0.2, -0.15) is 5.10 Å². The van der Waals surface area contributed by atoms with Gasteiger partial charge in [-0.1, -0.05) is 25.0 Å². The summed E-state index contributed by atoms with van der Waals surface area (Å²) < 4.78 is 13.3. The van der Waals surface area contributed by atoms with Crippen molar-refractivity contribution in [2.45, 2.75) is 44.6 Å². The summed E-state index contributed by atoms with van der Waals surface area (Å²) in [5, 5.41) is 7.33. The van der Waals surface area contributed by atoms with Gasteiger partial charge in [0.1, 0.15) is 5.82 Å². The number of carbonyl (C=O) groups is 1. The lowest BCUT2D eigenvalue weighted by Gasteiger charge is -2.28. The van der Waals surface area contributed by atoms with E-state index >= 15 is 0 Å². The molecule has 144 valence electrons. The maximum Gasteiger partial charge on any atom is 0.237 e. The van der Waals surface area contributed by atoms with Gasteiger partial charge < -0.3 is 4.90 Å². The fraction of sp³-hybridized carbons (Fsp3) is 0.524. The number of nitrogens with one attached hydrogen (secondary N) is 1. The Morgan fingerprint density at radius 2 is 1.81 bits per heavy atom. The van der Waals surface area contributed by atoms with Crippen molar-refractivity contribution in [3.63, 3.8) is 0 Å². The molecule has 0 radical (unpaired) electrons. The van der Waals surface area contributed by atoms with E-state index in [2.05, 4.69) is 15.1 Å². The summed E-state index contributed by atoms with van der Waals surface area (Å²) in [5.74, 6) is -0.0435. The predicted octanol–water partition coefficient (Wildman–Crippen LogP) is 3.76. The highest BCUT2D eigenvalue weighted by Gasteiger charge is 2.33. The number of nitrogens with zero attached hydrogens (tertiary/aromatic N) is 3. The monoisotopic (exact) mass is 370 g/mol. The second-order valence-corrected chi connectivity index (χ2v) is 7.64. The molecule has 27 heavy (non-hydrogen) atoms. The van der Waals surface area contributed by atoms with Crippen molar-refractivity contribution in [2.24, 2.45) is 0 Å². The summed E-state index contributed by atoms with van der Waals surface area (Å²) >= 11 is 0. The Labute approximate surface area is 159 Å². The van der Waals surface area contributed by atoms with Crippen molar-refractivity contribution in [3.8, 4) is 11.1 Å². The minimum atomic E-state index is -0.251. The SMILES string of the molecule is O=C(CN1CCCCCC1)N1CCC[C@H]1c1[nH]ncc1-c1ccc(F)cc1. The first-order valence-corrected chi connectivity index (χ1v) is 10.0. The first-order valence-electron chi connectivity index (χ1n) is 10.0. The predicted molar refractivity (Wildman–Crippen MR) is 103 cm³/mol. The lowest BCUT2D eigenvalue weighted by molar-refractivity contribution is -0.133. The van der Waals surface area contributed by atoms with Gasteiger partial charge >= 0.3 is 0 Å². The number of amides is 1. The van der Waals surface area contributed by atoms with E-state index in [-0.39, 0.29) is 17.8 Å². The van der Waals surface area contributed by atoms with Crippen LogP contribution in [-0.2, 0) is 4.79 Å². The summed E-state index contributed by atoms with van der Waals surface area (Å²) in [7, 11) is 0. The van der Waals surface area contributed by atoms with Gasteiger partial charge in [0, 0.05) is 12.1 Å². The molecule has 0 bridgehead atoms. The molecule has 2 aliphatic heterocycles. The smallest absolute Gasteiger partial charge is 0.237 e. The van der Waals surface area contributed by atoms with E-state index in [1.165, 1.54) is 37.8 Å². The van der Waals surface area contributed by atoms with E-state index in [9.17, 15) is 9.18 Å². The molecule has 1 aromatic heterocycles. The molecule has 4 rings (SSSR count). The fourth-order valence-corrected chi connectivity index (χ4v) is 4.35. The Kier molecular flexibility index (Phi) is 5.53. The van der Waals surface area contributed by atoms with Crippen LogP contribution in [0.25, 0.3) is 11.1 Å². The molecule has 2 fully saturated rings. The van der Waals surface area contributed by atoms with Crippen LogP contribution in [0.4, 0.5) is 4.39 Å². The standard InChI is InChI=1S/C21H27FN4O/c22-17-9-7-16(8-10-17)18-14-23-24-21(18)19-6-5-13-26(19)20(27)15-25-11-3-1-2-4-12-25/h7-10,14,19H,1-6,11-13,15H2,(H,23,24)/t19-/m0/s1. The van der Waals surface area contributed by atoms with E-state index in [1.54, 1.807) is 18.3 Å². The maximum atomic E-state index is 13.3. The first-order chi connectivity index (χ1) is 13.2. The molecule has 0 aliphatic carbocycles. The van der Waals surface area contributed by atoms with Crippen LogP contribution in [0.3, 0.4) is 0 Å². The molecule has 1 aromatic carbocycles. The highest BCUT2D eigenvalue weighted by molar-refractivity contribution is 5.79. The lowest BCUT2D eigenvalue weighted by atomic mass is 10.0. The van der Waals surface area contributed by atoms with Crippen LogP contribution in [0.5, 0.6) is 0 Å². The van der Waals surface area contributed by atoms with Crippen molar-refractivity contribution in [1.29, 1.82) is 0 Å². The molecule has 2 aliphatic rings. The van der Waals surface area contributed by atoms with Gasteiger partial charge in [0.25, 0.3) is 0 Å². The number of hydrogen-bond donors (Lipinski definition) is 1. The van der Waals surface area contributed by atoms with Crippen molar-refractivity contribution in [2.75, 3.05) is 26.2 Å². The lowest BCUT2D eigenvalue weighted by Crippen LogP contribution is -2.40. The zero-order chi connectivity index (χ0) is 18.6. The third-order valence-electron chi connectivity index (χ3n) is 5.79. The maximum absolute atomic E-state index is 13.3. The van der Waals surface area contributed by atoms with Crippen LogP contribution in [0.2, 0.25) is 0 Å². The first kappa shape index (κ1) is 18.2. The molecule has 2 saturated heterocycles. The number of halogens is 1. The highest BCUT2D eigenvalue weighted by atomic mass is 19.1. The normalized spacial score (nSPS) is 21.4. The third-order valence-corrected chi connectivity index (χ3v) is 5.79. The second-order valence-electron chi connectivity index (χ2n) is 7.64. The number of likely N-dealkylation sites (tertiary alicyclic amines) is 2. The Hall–Kier alpha value is -2.21. The van der Waals surface area contributed by atoms with Crippen LogP contribution in [0, 0.1) is 5.82 Å². The highest BCUT2D eigenvalue weighted by Crippen LogP contribution is 2.36. The number of aromatic amines is 1. The van der Waals surface area contributed by atoms with Crippen LogP contribution >= 0.6 is 0 Å². The van der Waals surface area contributed by atoms with E-state index in [0.717, 1.165) is 49.3 Å². The van der Waals surface area contributed by atoms with E-state index < -0.39 is 0 Å². The number of benzene rings is 1. The summed E-state index contributed by atoms with van der Waals surface area (Å²) in [6, 6.07) is 6.47. The molecular weight excluding hydrogens is 343 g/mol. The van der Waals surface area contributed by atoms with Crippen molar-refractivity contribution in [1.82, 2.24) is 20.0 Å². The molecular formula is C21H27FN4O. The van der Waals surface area contributed by atoms with Gasteiger partial charge in [-0.15, -0.1) is 0 Å². The minimum absolute atomic E-state index is 0.0204. The molecule has 1 amide bonds. The minimum Gasteiger partial charge on any atom is -0.333 e. The van der Waals surface area contributed by atoms with E-state index in [0.29, 0.717) is 6.54 Å².